The minimum absolute atomic E-state index is 0.139. The second kappa shape index (κ2) is 14.6. The van der Waals surface area contributed by atoms with Gasteiger partial charge in [0.15, 0.2) is 0 Å². The highest BCUT2D eigenvalue weighted by Gasteiger charge is 1.90. The SMILES string of the molecule is C=C(C)C(=O)O.CC(O)CO.COC. The molecule has 0 radical (unpaired) electrons. The summed E-state index contributed by atoms with van der Waals surface area (Å²) in [6, 6.07) is 0. The molecule has 5 heteroatoms. The van der Waals surface area contributed by atoms with Crippen molar-refractivity contribution in [2.75, 3.05) is 20.8 Å². The van der Waals surface area contributed by atoms with Crippen LogP contribution in [0.5, 0.6) is 0 Å². The summed E-state index contributed by atoms with van der Waals surface area (Å²) in [7, 11) is 3.25. The van der Waals surface area contributed by atoms with Gasteiger partial charge in [0.1, 0.15) is 0 Å². The van der Waals surface area contributed by atoms with E-state index in [9.17, 15) is 4.79 Å². The van der Waals surface area contributed by atoms with Crippen molar-refractivity contribution in [2.45, 2.75) is 20.0 Å². The van der Waals surface area contributed by atoms with Crippen molar-refractivity contribution in [1.29, 1.82) is 0 Å². The lowest BCUT2D eigenvalue weighted by Crippen LogP contribution is -2.03. The Morgan fingerprint density at radius 3 is 1.64 bits per heavy atom. The Kier molecular flexibility index (Phi) is 19.6. The van der Waals surface area contributed by atoms with Crippen molar-refractivity contribution in [2.24, 2.45) is 0 Å². The zero-order chi connectivity index (χ0) is 12.1. The van der Waals surface area contributed by atoms with Crippen molar-refractivity contribution in [3.8, 4) is 0 Å². The Morgan fingerprint density at radius 1 is 1.50 bits per heavy atom. The first-order valence-electron chi connectivity index (χ1n) is 3.91. The van der Waals surface area contributed by atoms with Crippen LogP contribution in [0.25, 0.3) is 0 Å². The molecular formula is C9H20O5. The second-order valence-corrected chi connectivity index (χ2v) is 2.53. The van der Waals surface area contributed by atoms with Crippen LogP contribution >= 0.6 is 0 Å². The first kappa shape index (κ1) is 18.8. The van der Waals surface area contributed by atoms with Gasteiger partial charge in [-0.3, -0.25) is 0 Å². The summed E-state index contributed by atoms with van der Waals surface area (Å²) < 4.78 is 4.25. The smallest absolute Gasteiger partial charge is 0.330 e. The quantitative estimate of drug-likeness (QED) is 0.567. The Balaban J connectivity index is -0.000000138. The molecule has 0 heterocycles. The molecule has 86 valence electrons. The van der Waals surface area contributed by atoms with Crippen molar-refractivity contribution in [3.05, 3.63) is 12.2 Å². The number of aliphatic hydroxyl groups excluding tert-OH is 2. The summed E-state index contributed by atoms with van der Waals surface area (Å²) >= 11 is 0. The molecule has 0 rings (SSSR count). The Morgan fingerprint density at radius 2 is 1.64 bits per heavy atom. The molecule has 0 aliphatic rings. The molecule has 0 amide bonds. The molecule has 0 aromatic heterocycles. The van der Waals surface area contributed by atoms with Gasteiger partial charge in [0, 0.05) is 19.8 Å². The molecule has 0 aliphatic heterocycles. The normalized spacial score (nSPS) is 9.86. The predicted molar refractivity (Wildman–Crippen MR) is 54.1 cm³/mol. The van der Waals surface area contributed by atoms with Gasteiger partial charge in [-0.2, -0.15) is 0 Å². The van der Waals surface area contributed by atoms with Gasteiger partial charge in [0.2, 0.25) is 0 Å². The van der Waals surface area contributed by atoms with E-state index in [2.05, 4.69) is 11.3 Å². The minimum atomic E-state index is -0.935. The van der Waals surface area contributed by atoms with Crippen LogP contribution in [0.4, 0.5) is 0 Å². The highest BCUT2D eigenvalue weighted by molar-refractivity contribution is 5.84. The summed E-state index contributed by atoms with van der Waals surface area (Å²) in [6.07, 6.45) is -0.560. The van der Waals surface area contributed by atoms with Crippen molar-refractivity contribution >= 4 is 5.97 Å². The lowest BCUT2D eigenvalue weighted by atomic mass is 10.4. The molecule has 14 heavy (non-hydrogen) atoms. The van der Waals surface area contributed by atoms with E-state index in [1.165, 1.54) is 13.8 Å². The molecule has 3 N–H and O–H groups in total. The number of aliphatic carboxylic acids is 1. The third-order valence-corrected chi connectivity index (χ3v) is 0.629. The van der Waals surface area contributed by atoms with Crippen molar-refractivity contribution < 1.29 is 24.9 Å². The van der Waals surface area contributed by atoms with Gasteiger partial charge in [-0.15, -0.1) is 0 Å². The Labute approximate surface area is 84.6 Å². The van der Waals surface area contributed by atoms with Gasteiger partial charge in [-0.1, -0.05) is 6.58 Å². The monoisotopic (exact) mass is 208 g/mol. The summed E-state index contributed by atoms with van der Waals surface area (Å²) in [5.74, 6) is -0.935. The van der Waals surface area contributed by atoms with E-state index >= 15 is 0 Å². The van der Waals surface area contributed by atoms with Crippen LogP contribution in [-0.4, -0.2) is 48.2 Å². The number of hydrogen-bond acceptors (Lipinski definition) is 4. The third kappa shape index (κ3) is 43.6. The molecule has 0 aromatic carbocycles. The van der Waals surface area contributed by atoms with Gasteiger partial charge >= 0.3 is 5.97 Å². The second-order valence-electron chi connectivity index (χ2n) is 2.53. The van der Waals surface area contributed by atoms with Crippen LogP contribution in [-0.2, 0) is 9.53 Å². The average Bonchev–Trinajstić information content (AvgIpc) is 2.06. The molecule has 0 saturated heterocycles. The number of carbonyl (C=O) groups is 1. The number of methoxy groups -OCH3 is 1. The topological polar surface area (TPSA) is 87.0 Å². The van der Waals surface area contributed by atoms with E-state index in [0.717, 1.165) is 0 Å². The molecule has 5 nitrogen and oxygen atoms in total. The van der Waals surface area contributed by atoms with E-state index in [4.69, 9.17) is 15.3 Å². The van der Waals surface area contributed by atoms with E-state index in [-0.39, 0.29) is 12.2 Å². The highest BCUT2D eigenvalue weighted by Crippen LogP contribution is 1.81. The summed E-state index contributed by atoms with van der Waals surface area (Å²) in [5, 5.41) is 23.9. The Bertz CT molecular complexity index is 130. The highest BCUT2D eigenvalue weighted by atomic mass is 16.4. The maximum Gasteiger partial charge on any atom is 0.330 e. The van der Waals surface area contributed by atoms with Crippen molar-refractivity contribution in [3.63, 3.8) is 0 Å². The molecule has 0 bridgehead atoms. The maximum atomic E-state index is 9.60. The first-order chi connectivity index (χ1) is 6.33. The number of hydrogen-bond donors (Lipinski definition) is 3. The molecule has 0 aromatic rings. The zero-order valence-corrected chi connectivity index (χ0v) is 9.15. The van der Waals surface area contributed by atoms with Crippen LogP contribution in [0.2, 0.25) is 0 Å². The molecular weight excluding hydrogens is 188 g/mol. The fourth-order valence-corrected chi connectivity index (χ4v) is 0. The molecule has 0 spiro atoms. The van der Waals surface area contributed by atoms with E-state index in [0.29, 0.717) is 0 Å². The Hall–Kier alpha value is -0.910. The van der Waals surface area contributed by atoms with Crippen LogP contribution in [0.1, 0.15) is 13.8 Å². The largest absolute Gasteiger partial charge is 0.478 e. The number of carboxylic acids is 1. The van der Waals surface area contributed by atoms with Crippen molar-refractivity contribution in [1.82, 2.24) is 0 Å². The van der Waals surface area contributed by atoms with E-state index in [1.54, 1.807) is 14.2 Å². The summed E-state index contributed by atoms with van der Waals surface area (Å²) in [6.45, 7) is 5.99. The van der Waals surface area contributed by atoms with Crippen LogP contribution in [0.15, 0.2) is 12.2 Å². The molecule has 1 unspecified atom stereocenters. The molecule has 0 saturated carbocycles. The summed E-state index contributed by atoms with van der Waals surface area (Å²) in [4.78, 5) is 9.60. The molecule has 0 fully saturated rings. The number of ether oxygens (including phenoxy) is 1. The van der Waals surface area contributed by atoms with Gasteiger partial charge in [0.05, 0.1) is 12.7 Å². The van der Waals surface area contributed by atoms with Crippen LogP contribution in [0, 0.1) is 0 Å². The lowest BCUT2D eigenvalue weighted by Gasteiger charge is -1.90. The van der Waals surface area contributed by atoms with Gasteiger partial charge in [-0.25, -0.2) is 4.79 Å². The fourth-order valence-electron chi connectivity index (χ4n) is 0. The van der Waals surface area contributed by atoms with E-state index < -0.39 is 12.1 Å². The van der Waals surface area contributed by atoms with Gasteiger partial charge in [-0.05, 0) is 13.8 Å². The lowest BCUT2D eigenvalue weighted by molar-refractivity contribution is -0.132. The average molecular weight is 208 g/mol. The van der Waals surface area contributed by atoms with Gasteiger partial charge in [0.25, 0.3) is 0 Å². The van der Waals surface area contributed by atoms with Crippen LogP contribution in [0.3, 0.4) is 0 Å². The van der Waals surface area contributed by atoms with E-state index in [1.807, 2.05) is 0 Å². The number of aliphatic hydroxyl groups is 2. The maximum absolute atomic E-state index is 9.60. The zero-order valence-electron chi connectivity index (χ0n) is 9.15. The fraction of sp³-hybridized carbons (Fsp3) is 0.667. The predicted octanol–water partition coefficient (Wildman–Crippen LogP) is 0.269. The summed E-state index contributed by atoms with van der Waals surface area (Å²) in [5.41, 5.74) is 0.176. The number of rotatable bonds is 2. The standard InChI is InChI=1S/C4H6O2.C3H8O2.C2H6O/c1-3(2)4(5)6;1-3(5)2-4;1-3-2/h1H2,2H3,(H,5,6);3-5H,2H2,1H3;1-2H3. The first-order valence-corrected chi connectivity index (χ1v) is 3.91. The third-order valence-electron chi connectivity index (χ3n) is 0.629. The van der Waals surface area contributed by atoms with Gasteiger partial charge < -0.3 is 20.1 Å². The molecule has 1 atom stereocenters. The number of carboxylic acid groups (broad SMARTS) is 1. The molecule has 0 aliphatic carbocycles. The van der Waals surface area contributed by atoms with Crippen LogP contribution < -0.4 is 0 Å². The minimum Gasteiger partial charge on any atom is -0.478 e.